The van der Waals surface area contributed by atoms with Gasteiger partial charge in [-0.25, -0.2) is 0 Å². The molecule has 0 aromatic heterocycles. The number of nitro benzene ring substituents is 1. The molecule has 3 aromatic rings. The van der Waals surface area contributed by atoms with Gasteiger partial charge in [0.25, 0.3) is 5.69 Å². The second-order valence-electron chi connectivity index (χ2n) is 5.74. The van der Waals surface area contributed by atoms with E-state index in [1.165, 1.54) is 25.3 Å². The Bertz CT molecular complexity index is 1010. The summed E-state index contributed by atoms with van der Waals surface area (Å²) in [5.74, 6) is 0.741. The number of ether oxygens (including phenoxy) is 2. The van der Waals surface area contributed by atoms with Crippen LogP contribution in [0.5, 0.6) is 11.5 Å². The summed E-state index contributed by atoms with van der Waals surface area (Å²) in [6.07, 6.45) is 0. The van der Waals surface area contributed by atoms with Gasteiger partial charge >= 0.3 is 0 Å². The van der Waals surface area contributed by atoms with Crippen molar-refractivity contribution in [1.29, 1.82) is 5.26 Å². The highest BCUT2D eigenvalue weighted by atomic mass is 16.6. The molecule has 6 heteroatoms. The van der Waals surface area contributed by atoms with Crippen molar-refractivity contribution in [2.24, 2.45) is 0 Å². The average molecular weight is 360 g/mol. The Morgan fingerprint density at radius 1 is 1.04 bits per heavy atom. The standard InChI is InChI=1S/C21H16N2O4/c1-26-20-11-10-18(23(24)25)12-21(20)27-14-15-6-8-16(9-7-15)19-5-3-2-4-17(19)13-22/h2-12H,14H2,1H3. The predicted molar refractivity (Wildman–Crippen MR) is 101 cm³/mol. The zero-order valence-electron chi connectivity index (χ0n) is 14.6. The first-order valence-electron chi connectivity index (χ1n) is 8.16. The molecule has 0 aliphatic heterocycles. The summed E-state index contributed by atoms with van der Waals surface area (Å²) >= 11 is 0. The highest BCUT2D eigenvalue weighted by Gasteiger charge is 2.13. The third-order valence-electron chi connectivity index (χ3n) is 4.06. The van der Waals surface area contributed by atoms with E-state index in [0.717, 1.165) is 16.7 Å². The number of methoxy groups -OCH3 is 1. The Labute approximate surface area is 156 Å². The van der Waals surface area contributed by atoms with Crippen LogP contribution in [0.3, 0.4) is 0 Å². The molecule has 0 spiro atoms. The van der Waals surface area contributed by atoms with Crippen molar-refractivity contribution < 1.29 is 14.4 Å². The molecule has 0 heterocycles. The zero-order chi connectivity index (χ0) is 19.2. The van der Waals surface area contributed by atoms with Gasteiger partial charge in [-0.05, 0) is 28.8 Å². The molecule has 6 nitrogen and oxygen atoms in total. The lowest BCUT2D eigenvalue weighted by atomic mass is 9.99. The number of rotatable bonds is 6. The van der Waals surface area contributed by atoms with Gasteiger partial charge in [-0.15, -0.1) is 0 Å². The third-order valence-corrected chi connectivity index (χ3v) is 4.06. The highest BCUT2D eigenvalue weighted by Crippen LogP contribution is 2.32. The number of hydrogen-bond donors (Lipinski definition) is 0. The van der Waals surface area contributed by atoms with Gasteiger partial charge in [0, 0.05) is 6.07 Å². The van der Waals surface area contributed by atoms with Crippen molar-refractivity contribution in [1.82, 2.24) is 0 Å². The maximum atomic E-state index is 10.9. The Morgan fingerprint density at radius 3 is 2.44 bits per heavy atom. The minimum absolute atomic E-state index is 0.0609. The van der Waals surface area contributed by atoms with Gasteiger partial charge in [-0.3, -0.25) is 10.1 Å². The molecule has 0 aliphatic carbocycles. The second-order valence-corrected chi connectivity index (χ2v) is 5.74. The van der Waals surface area contributed by atoms with Crippen molar-refractivity contribution in [3.05, 3.63) is 88.0 Å². The number of nitriles is 1. The first kappa shape index (κ1) is 18.0. The molecule has 0 saturated heterocycles. The molecule has 3 rings (SSSR count). The van der Waals surface area contributed by atoms with Crippen LogP contribution in [0.15, 0.2) is 66.7 Å². The van der Waals surface area contributed by atoms with Crippen molar-refractivity contribution >= 4 is 5.69 Å². The van der Waals surface area contributed by atoms with Crippen LogP contribution in [-0.4, -0.2) is 12.0 Å². The molecular formula is C21H16N2O4. The van der Waals surface area contributed by atoms with Crippen LogP contribution in [0.1, 0.15) is 11.1 Å². The van der Waals surface area contributed by atoms with Gasteiger partial charge in [-0.2, -0.15) is 5.26 Å². The lowest BCUT2D eigenvalue weighted by molar-refractivity contribution is -0.385. The van der Waals surface area contributed by atoms with Crippen molar-refractivity contribution in [2.45, 2.75) is 6.61 Å². The lowest BCUT2D eigenvalue weighted by Crippen LogP contribution is -1.99. The fourth-order valence-electron chi connectivity index (χ4n) is 2.67. The van der Waals surface area contributed by atoms with Gasteiger partial charge in [0.05, 0.1) is 29.7 Å². The Hall–Kier alpha value is -3.85. The molecule has 0 fully saturated rings. The molecule has 0 saturated carbocycles. The van der Waals surface area contributed by atoms with Crippen LogP contribution >= 0.6 is 0 Å². The number of nitro groups is 1. The van der Waals surface area contributed by atoms with E-state index in [0.29, 0.717) is 17.1 Å². The molecule has 3 aromatic carbocycles. The first-order valence-corrected chi connectivity index (χ1v) is 8.16. The summed E-state index contributed by atoms with van der Waals surface area (Å²) in [7, 11) is 1.48. The quantitative estimate of drug-likeness (QED) is 0.469. The lowest BCUT2D eigenvalue weighted by Gasteiger charge is -2.11. The van der Waals surface area contributed by atoms with Gasteiger partial charge in [0.15, 0.2) is 11.5 Å². The van der Waals surface area contributed by atoms with Crippen molar-refractivity contribution in [2.75, 3.05) is 7.11 Å². The Morgan fingerprint density at radius 2 is 1.78 bits per heavy atom. The fraction of sp³-hybridized carbons (Fsp3) is 0.0952. The van der Waals surface area contributed by atoms with Gasteiger partial charge in [0.1, 0.15) is 6.61 Å². The van der Waals surface area contributed by atoms with Crippen LogP contribution in [0, 0.1) is 21.4 Å². The van der Waals surface area contributed by atoms with E-state index in [4.69, 9.17) is 9.47 Å². The summed E-state index contributed by atoms with van der Waals surface area (Å²) in [6.45, 7) is 0.234. The Balaban J connectivity index is 1.77. The summed E-state index contributed by atoms with van der Waals surface area (Å²) < 4.78 is 10.9. The number of benzene rings is 3. The summed E-state index contributed by atoms with van der Waals surface area (Å²) in [5.41, 5.74) is 3.25. The van der Waals surface area contributed by atoms with E-state index in [-0.39, 0.29) is 12.3 Å². The minimum Gasteiger partial charge on any atom is -0.493 e. The number of non-ortho nitro benzene ring substituents is 1. The monoisotopic (exact) mass is 360 g/mol. The van der Waals surface area contributed by atoms with Crippen LogP contribution in [0.25, 0.3) is 11.1 Å². The summed E-state index contributed by atoms with van der Waals surface area (Å²) in [5, 5.41) is 20.2. The summed E-state index contributed by atoms with van der Waals surface area (Å²) in [4.78, 5) is 10.5. The minimum atomic E-state index is -0.478. The maximum absolute atomic E-state index is 10.9. The molecule has 0 radical (unpaired) electrons. The van der Waals surface area contributed by atoms with E-state index in [1.54, 1.807) is 6.07 Å². The van der Waals surface area contributed by atoms with E-state index in [9.17, 15) is 15.4 Å². The van der Waals surface area contributed by atoms with Crippen molar-refractivity contribution in [3.63, 3.8) is 0 Å². The fourth-order valence-corrected chi connectivity index (χ4v) is 2.67. The molecule has 134 valence electrons. The maximum Gasteiger partial charge on any atom is 0.273 e. The number of hydrogen-bond acceptors (Lipinski definition) is 5. The molecule has 0 unspecified atom stereocenters. The summed E-state index contributed by atoms with van der Waals surface area (Å²) in [6, 6.07) is 21.4. The SMILES string of the molecule is COc1ccc([N+](=O)[O-])cc1OCc1ccc(-c2ccccc2C#N)cc1. The first-order chi connectivity index (χ1) is 13.1. The van der Waals surface area contributed by atoms with Gasteiger partial charge < -0.3 is 9.47 Å². The highest BCUT2D eigenvalue weighted by molar-refractivity contribution is 5.70. The van der Waals surface area contributed by atoms with Gasteiger partial charge in [0.2, 0.25) is 0 Å². The molecular weight excluding hydrogens is 344 g/mol. The zero-order valence-corrected chi connectivity index (χ0v) is 14.6. The predicted octanol–water partition coefficient (Wildman–Crippen LogP) is 4.72. The van der Waals surface area contributed by atoms with Crippen LogP contribution < -0.4 is 9.47 Å². The second kappa shape index (κ2) is 8.02. The van der Waals surface area contributed by atoms with E-state index < -0.39 is 4.92 Å². The van der Waals surface area contributed by atoms with E-state index in [2.05, 4.69) is 6.07 Å². The molecule has 0 bridgehead atoms. The molecule has 0 atom stereocenters. The molecule has 0 aliphatic rings. The van der Waals surface area contributed by atoms with E-state index in [1.807, 2.05) is 42.5 Å². The molecule has 0 N–H and O–H groups in total. The van der Waals surface area contributed by atoms with Gasteiger partial charge in [-0.1, -0.05) is 42.5 Å². The van der Waals surface area contributed by atoms with Crippen LogP contribution in [-0.2, 0) is 6.61 Å². The largest absolute Gasteiger partial charge is 0.493 e. The molecule has 0 amide bonds. The van der Waals surface area contributed by atoms with E-state index >= 15 is 0 Å². The van der Waals surface area contributed by atoms with Crippen molar-refractivity contribution in [3.8, 4) is 28.7 Å². The average Bonchev–Trinajstić information content (AvgIpc) is 2.72. The smallest absolute Gasteiger partial charge is 0.273 e. The normalized spacial score (nSPS) is 10.1. The topological polar surface area (TPSA) is 85.4 Å². The molecule has 27 heavy (non-hydrogen) atoms. The van der Waals surface area contributed by atoms with Crippen LogP contribution in [0.2, 0.25) is 0 Å². The number of nitrogens with zero attached hydrogens (tertiary/aromatic N) is 2. The Kier molecular flexibility index (Phi) is 5.33. The van der Waals surface area contributed by atoms with Crippen LogP contribution in [0.4, 0.5) is 5.69 Å². The third kappa shape index (κ3) is 4.05.